The average molecular weight is 344 g/mol. The number of carbonyl (C=O) groups is 1. The zero-order chi connectivity index (χ0) is 14.9. The summed E-state index contributed by atoms with van der Waals surface area (Å²) >= 11 is 3.47. The minimum absolute atomic E-state index is 0.0547. The lowest BCUT2D eigenvalue weighted by atomic mass is 9.74. The highest BCUT2D eigenvalue weighted by molar-refractivity contribution is 9.10. The Morgan fingerprint density at radius 2 is 1.86 bits per heavy atom. The van der Waals surface area contributed by atoms with Crippen LogP contribution >= 0.6 is 15.9 Å². The Balaban J connectivity index is 1.83. The van der Waals surface area contributed by atoms with Gasteiger partial charge in [0.1, 0.15) is 0 Å². The highest BCUT2D eigenvalue weighted by Crippen LogP contribution is 2.37. The predicted molar refractivity (Wildman–Crippen MR) is 89.5 cm³/mol. The first-order valence-corrected chi connectivity index (χ1v) is 7.99. The van der Waals surface area contributed by atoms with Crippen molar-refractivity contribution in [2.75, 3.05) is 11.4 Å². The maximum atomic E-state index is 12.6. The van der Waals surface area contributed by atoms with E-state index in [-0.39, 0.29) is 11.3 Å². The van der Waals surface area contributed by atoms with Crippen LogP contribution in [0, 0.1) is 0 Å². The number of halogens is 1. The van der Waals surface area contributed by atoms with Gasteiger partial charge >= 0.3 is 0 Å². The molecular weight excluding hydrogens is 326 g/mol. The average Bonchev–Trinajstić information content (AvgIpc) is 2.48. The Morgan fingerprint density at radius 3 is 2.52 bits per heavy atom. The first kappa shape index (κ1) is 14.3. The van der Waals surface area contributed by atoms with Crippen molar-refractivity contribution in [1.82, 2.24) is 0 Å². The normalized spacial score (nSPS) is 22.4. The van der Waals surface area contributed by atoms with Gasteiger partial charge in [0, 0.05) is 28.5 Å². The lowest BCUT2D eigenvalue weighted by Gasteiger charge is -2.39. The van der Waals surface area contributed by atoms with Crippen molar-refractivity contribution in [2.24, 2.45) is 0 Å². The van der Waals surface area contributed by atoms with E-state index >= 15 is 0 Å². The van der Waals surface area contributed by atoms with Gasteiger partial charge in [0.15, 0.2) is 0 Å². The SMILES string of the molecule is CC1(c2ccccc2)CCN(c2cccc(Br)c2)C(=O)C1. The van der Waals surface area contributed by atoms with E-state index in [1.807, 2.05) is 47.4 Å². The number of hydrogen-bond acceptors (Lipinski definition) is 1. The minimum atomic E-state index is -0.0547. The molecule has 1 saturated heterocycles. The summed E-state index contributed by atoms with van der Waals surface area (Å²) in [6.45, 7) is 2.96. The van der Waals surface area contributed by atoms with E-state index in [0.717, 1.165) is 23.1 Å². The molecule has 1 fully saturated rings. The summed E-state index contributed by atoms with van der Waals surface area (Å²) in [5.41, 5.74) is 2.18. The predicted octanol–water partition coefficient (Wildman–Crippen LogP) is 4.53. The van der Waals surface area contributed by atoms with E-state index in [9.17, 15) is 4.79 Å². The maximum Gasteiger partial charge on any atom is 0.227 e. The fourth-order valence-corrected chi connectivity index (χ4v) is 3.39. The molecule has 0 N–H and O–H groups in total. The van der Waals surface area contributed by atoms with E-state index in [4.69, 9.17) is 0 Å². The Morgan fingerprint density at radius 1 is 1.10 bits per heavy atom. The summed E-state index contributed by atoms with van der Waals surface area (Å²) in [4.78, 5) is 14.5. The summed E-state index contributed by atoms with van der Waals surface area (Å²) in [5.74, 6) is 0.200. The van der Waals surface area contributed by atoms with Gasteiger partial charge in [-0.05, 0) is 30.2 Å². The molecule has 0 bridgehead atoms. The van der Waals surface area contributed by atoms with Crippen molar-refractivity contribution in [3.05, 3.63) is 64.6 Å². The van der Waals surface area contributed by atoms with E-state index in [1.165, 1.54) is 5.56 Å². The van der Waals surface area contributed by atoms with Crippen LogP contribution in [0.4, 0.5) is 5.69 Å². The number of piperidine rings is 1. The molecule has 1 aliphatic rings. The third-order valence-corrected chi connectivity index (χ3v) is 4.81. The fourth-order valence-electron chi connectivity index (χ4n) is 3.00. The summed E-state index contributed by atoms with van der Waals surface area (Å²) in [6.07, 6.45) is 1.54. The van der Waals surface area contributed by atoms with Crippen molar-refractivity contribution < 1.29 is 4.79 Å². The molecule has 1 heterocycles. The highest BCUT2D eigenvalue weighted by atomic mass is 79.9. The van der Waals surface area contributed by atoms with Crippen molar-refractivity contribution >= 4 is 27.5 Å². The first-order valence-electron chi connectivity index (χ1n) is 7.20. The second kappa shape index (κ2) is 5.64. The molecule has 108 valence electrons. The zero-order valence-electron chi connectivity index (χ0n) is 12.1. The molecule has 0 aromatic heterocycles. The summed E-state index contributed by atoms with van der Waals surface area (Å²) in [5, 5.41) is 0. The number of nitrogens with zero attached hydrogens (tertiary/aromatic N) is 1. The van der Waals surface area contributed by atoms with Gasteiger partial charge in [-0.1, -0.05) is 59.3 Å². The van der Waals surface area contributed by atoms with Crippen molar-refractivity contribution in [2.45, 2.75) is 25.2 Å². The zero-order valence-corrected chi connectivity index (χ0v) is 13.6. The lowest BCUT2D eigenvalue weighted by Crippen LogP contribution is -2.45. The van der Waals surface area contributed by atoms with Crippen LogP contribution in [0.5, 0.6) is 0 Å². The number of carbonyl (C=O) groups excluding carboxylic acids is 1. The summed E-state index contributed by atoms with van der Waals surface area (Å²) in [6, 6.07) is 18.3. The smallest absolute Gasteiger partial charge is 0.227 e. The van der Waals surface area contributed by atoms with E-state index in [1.54, 1.807) is 0 Å². The van der Waals surface area contributed by atoms with Crippen LogP contribution in [0.2, 0.25) is 0 Å². The standard InChI is InChI=1S/C18H18BrNO/c1-18(14-6-3-2-4-7-14)10-11-20(17(21)13-18)16-9-5-8-15(19)12-16/h2-9,12H,10-11,13H2,1H3. The number of hydrogen-bond donors (Lipinski definition) is 0. The number of anilines is 1. The molecular formula is C18H18BrNO. The molecule has 0 radical (unpaired) electrons. The van der Waals surface area contributed by atoms with Crippen molar-refractivity contribution in [3.63, 3.8) is 0 Å². The monoisotopic (exact) mass is 343 g/mol. The molecule has 3 heteroatoms. The van der Waals surface area contributed by atoms with Crippen LogP contribution in [0.15, 0.2) is 59.1 Å². The number of benzene rings is 2. The molecule has 2 aromatic carbocycles. The molecule has 1 unspecified atom stereocenters. The number of amides is 1. The topological polar surface area (TPSA) is 20.3 Å². The van der Waals surface area contributed by atoms with Gasteiger partial charge in [-0.15, -0.1) is 0 Å². The van der Waals surface area contributed by atoms with Crippen molar-refractivity contribution in [3.8, 4) is 0 Å². The third-order valence-electron chi connectivity index (χ3n) is 4.32. The Labute approximate surface area is 133 Å². The maximum absolute atomic E-state index is 12.6. The quantitative estimate of drug-likeness (QED) is 0.784. The molecule has 1 amide bonds. The molecule has 2 nitrogen and oxygen atoms in total. The molecule has 1 aliphatic heterocycles. The van der Waals surface area contributed by atoms with Gasteiger partial charge in [-0.2, -0.15) is 0 Å². The second-order valence-electron chi connectivity index (χ2n) is 5.88. The van der Waals surface area contributed by atoms with Crippen LogP contribution in [0.1, 0.15) is 25.3 Å². The van der Waals surface area contributed by atoms with Crippen LogP contribution in [-0.4, -0.2) is 12.5 Å². The van der Waals surface area contributed by atoms with E-state index in [0.29, 0.717) is 6.42 Å². The molecule has 2 aromatic rings. The van der Waals surface area contributed by atoms with Gasteiger partial charge in [0.05, 0.1) is 0 Å². The molecule has 0 aliphatic carbocycles. The second-order valence-corrected chi connectivity index (χ2v) is 6.79. The summed E-state index contributed by atoms with van der Waals surface area (Å²) < 4.78 is 1.00. The first-order chi connectivity index (χ1) is 10.1. The van der Waals surface area contributed by atoms with Crippen LogP contribution in [0.25, 0.3) is 0 Å². The molecule has 3 rings (SSSR count). The molecule has 21 heavy (non-hydrogen) atoms. The summed E-state index contributed by atoms with van der Waals surface area (Å²) in [7, 11) is 0. The molecule has 1 atom stereocenters. The van der Waals surface area contributed by atoms with Crippen LogP contribution < -0.4 is 4.90 Å². The Kier molecular flexibility index (Phi) is 3.85. The van der Waals surface area contributed by atoms with Gasteiger partial charge < -0.3 is 4.90 Å². The largest absolute Gasteiger partial charge is 0.312 e. The Bertz CT molecular complexity index is 655. The van der Waals surface area contributed by atoms with E-state index in [2.05, 4.69) is 35.0 Å². The van der Waals surface area contributed by atoms with Crippen LogP contribution in [-0.2, 0) is 10.2 Å². The van der Waals surface area contributed by atoms with E-state index < -0.39 is 0 Å². The third kappa shape index (κ3) is 2.88. The Hall–Kier alpha value is -1.61. The van der Waals surface area contributed by atoms with Gasteiger partial charge in [0.25, 0.3) is 0 Å². The van der Waals surface area contributed by atoms with Gasteiger partial charge in [-0.3, -0.25) is 4.79 Å². The van der Waals surface area contributed by atoms with Crippen molar-refractivity contribution in [1.29, 1.82) is 0 Å². The lowest BCUT2D eigenvalue weighted by molar-refractivity contribution is -0.121. The van der Waals surface area contributed by atoms with Gasteiger partial charge in [-0.25, -0.2) is 0 Å². The number of rotatable bonds is 2. The highest BCUT2D eigenvalue weighted by Gasteiger charge is 2.36. The van der Waals surface area contributed by atoms with Gasteiger partial charge in [0.2, 0.25) is 5.91 Å². The minimum Gasteiger partial charge on any atom is -0.312 e. The van der Waals surface area contributed by atoms with Crippen LogP contribution in [0.3, 0.4) is 0 Å². The molecule has 0 spiro atoms. The molecule has 0 saturated carbocycles. The fraction of sp³-hybridized carbons (Fsp3) is 0.278.